The zero-order valence-electron chi connectivity index (χ0n) is 29.2. The average molecular weight is 806 g/mol. The summed E-state index contributed by atoms with van der Waals surface area (Å²) < 4.78 is 1.00. The van der Waals surface area contributed by atoms with Crippen molar-refractivity contribution >= 4 is 51.7 Å². The van der Waals surface area contributed by atoms with Crippen molar-refractivity contribution in [3.05, 3.63) is 221 Å². The standard InChI is InChI=1S/C24H17Cl.C12H11BO2.C12H8BrCl/c25-24-16-22(19-10-5-2-6-11-19)15-23(17-24)21-13-7-12-20(14-21)18-8-3-1-4-9-18;14-13(15)12-8-4-7-11(9-12)10-5-2-1-3-6-10;13-11-6-10(7-12(14)8-11)9-4-2-1-3-5-9/h1-17H;1-9,14-15H;1-8H. The number of rotatable bonds is 6. The van der Waals surface area contributed by atoms with Crippen LogP contribution in [0.25, 0.3) is 55.6 Å². The molecule has 0 amide bonds. The van der Waals surface area contributed by atoms with Gasteiger partial charge >= 0.3 is 7.12 Å². The summed E-state index contributed by atoms with van der Waals surface area (Å²) in [4.78, 5) is 0. The van der Waals surface area contributed by atoms with Crippen LogP contribution in [0, 0.1) is 0 Å². The monoisotopic (exact) mass is 804 g/mol. The van der Waals surface area contributed by atoms with E-state index < -0.39 is 7.12 Å². The Morgan fingerprint density at radius 3 is 1.07 bits per heavy atom. The lowest BCUT2D eigenvalue weighted by molar-refractivity contribution is 0.426. The fraction of sp³-hybridized carbons (Fsp3) is 0. The Hall–Kier alpha value is -5.20. The molecule has 0 unspecified atom stereocenters. The highest BCUT2D eigenvalue weighted by Crippen LogP contribution is 2.32. The van der Waals surface area contributed by atoms with E-state index in [0.29, 0.717) is 5.46 Å². The van der Waals surface area contributed by atoms with E-state index in [0.717, 1.165) is 42.3 Å². The van der Waals surface area contributed by atoms with Gasteiger partial charge in [-0.05, 0) is 104 Å². The minimum atomic E-state index is -1.41. The van der Waals surface area contributed by atoms with Gasteiger partial charge in [0.2, 0.25) is 0 Å². The van der Waals surface area contributed by atoms with E-state index >= 15 is 0 Å². The first-order valence-electron chi connectivity index (χ1n) is 17.4. The van der Waals surface area contributed by atoms with E-state index in [1.54, 1.807) is 12.1 Å². The molecule has 8 aromatic rings. The highest BCUT2D eigenvalue weighted by molar-refractivity contribution is 9.10. The van der Waals surface area contributed by atoms with Gasteiger partial charge in [-0.3, -0.25) is 0 Å². The fourth-order valence-corrected chi connectivity index (χ4v) is 7.02. The molecular weight excluding hydrogens is 770 g/mol. The first kappa shape index (κ1) is 38.5. The molecule has 0 saturated heterocycles. The average Bonchev–Trinajstić information content (AvgIpc) is 3.22. The molecule has 0 aliphatic rings. The molecule has 0 aliphatic heterocycles. The van der Waals surface area contributed by atoms with Gasteiger partial charge in [-0.25, -0.2) is 0 Å². The second kappa shape index (κ2) is 19.2. The topological polar surface area (TPSA) is 40.5 Å². The van der Waals surface area contributed by atoms with E-state index in [1.165, 1.54) is 27.8 Å². The van der Waals surface area contributed by atoms with Crippen LogP contribution in [0.15, 0.2) is 211 Å². The van der Waals surface area contributed by atoms with Crippen LogP contribution in [-0.4, -0.2) is 17.2 Å². The van der Waals surface area contributed by atoms with Crippen LogP contribution in [-0.2, 0) is 0 Å². The Bertz CT molecular complexity index is 2370. The van der Waals surface area contributed by atoms with Gasteiger partial charge in [0.1, 0.15) is 0 Å². The molecule has 2 N–H and O–H groups in total. The summed E-state index contributed by atoms with van der Waals surface area (Å²) in [6.07, 6.45) is 0. The van der Waals surface area contributed by atoms with Crippen molar-refractivity contribution in [1.82, 2.24) is 0 Å². The summed E-state index contributed by atoms with van der Waals surface area (Å²) in [5, 5.41) is 19.6. The second-order valence-corrected chi connectivity index (χ2v) is 14.2. The molecule has 0 fully saturated rings. The molecule has 54 heavy (non-hydrogen) atoms. The van der Waals surface area contributed by atoms with Gasteiger partial charge < -0.3 is 10.0 Å². The third-order valence-electron chi connectivity index (χ3n) is 8.57. The normalized spacial score (nSPS) is 10.3. The number of hydrogen-bond donors (Lipinski definition) is 2. The molecule has 0 heterocycles. The quantitative estimate of drug-likeness (QED) is 0.164. The van der Waals surface area contributed by atoms with Crippen molar-refractivity contribution in [2.75, 3.05) is 0 Å². The van der Waals surface area contributed by atoms with Gasteiger partial charge in [-0.2, -0.15) is 0 Å². The van der Waals surface area contributed by atoms with Crippen molar-refractivity contribution in [1.29, 1.82) is 0 Å². The maximum absolute atomic E-state index is 9.05. The zero-order chi connectivity index (χ0) is 37.7. The van der Waals surface area contributed by atoms with E-state index in [-0.39, 0.29) is 0 Å². The summed E-state index contributed by atoms with van der Waals surface area (Å²) >= 11 is 15.8. The van der Waals surface area contributed by atoms with Crippen LogP contribution in [0.2, 0.25) is 10.0 Å². The summed E-state index contributed by atoms with van der Waals surface area (Å²) in [6.45, 7) is 0. The third-order valence-corrected chi connectivity index (χ3v) is 9.46. The largest absolute Gasteiger partial charge is 0.488 e. The first-order chi connectivity index (χ1) is 26.3. The fourth-order valence-electron chi connectivity index (χ4n) is 5.92. The maximum Gasteiger partial charge on any atom is 0.488 e. The van der Waals surface area contributed by atoms with Crippen molar-refractivity contribution < 1.29 is 10.0 Å². The Morgan fingerprint density at radius 2 is 0.630 bits per heavy atom. The smallest absolute Gasteiger partial charge is 0.423 e. The minimum Gasteiger partial charge on any atom is -0.423 e. The molecule has 0 spiro atoms. The third kappa shape index (κ3) is 10.9. The number of benzene rings is 8. The molecular formula is C48H36BBrCl2O2. The lowest BCUT2D eigenvalue weighted by Crippen LogP contribution is -2.29. The molecule has 0 aromatic heterocycles. The van der Waals surface area contributed by atoms with Crippen molar-refractivity contribution in [2.24, 2.45) is 0 Å². The maximum atomic E-state index is 9.05. The summed E-state index contributed by atoms with van der Waals surface area (Å²) in [5.41, 5.74) is 11.9. The van der Waals surface area contributed by atoms with Gasteiger partial charge in [0, 0.05) is 14.5 Å². The SMILES string of the molecule is Clc1cc(-c2ccccc2)cc(-c2cccc(-c3ccccc3)c2)c1.Clc1cc(Br)cc(-c2ccccc2)c1.OB(O)c1cccc(-c2ccccc2)c1. The Balaban J connectivity index is 0.000000148. The molecule has 0 radical (unpaired) electrons. The molecule has 2 nitrogen and oxygen atoms in total. The highest BCUT2D eigenvalue weighted by atomic mass is 79.9. The van der Waals surface area contributed by atoms with Crippen LogP contribution < -0.4 is 5.46 Å². The lowest BCUT2D eigenvalue weighted by atomic mass is 9.79. The summed E-state index contributed by atoms with van der Waals surface area (Å²) in [6, 6.07) is 68.7. The van der Waals surface area contributed by atoms with E-state index in [1.807, 2.05) is 109 Å². The molecule has 0 saturated carbocycles. The minimum absolute atomic E-state index is 0.511. The lowest BCUT2D eigenvalue weighted by Gasteiger charge is -2.09. The molecule has 8 aromatic carbocycles. The Labute approximate surface area is 336 Å². The van der Waals surface area contributed by atoms with Crippen LogP contribution in [0.3, 0.4) is 0 Å². The Kier molecular flexibility index (Phi) is 13.7. The van der Waals surface area contributed by atoms with Gasteiger partial charge in [-0.1, -0.05) is 203 Å². The predicted octanol–water partition coefficient (Wildman–Crippen LogP) is 13.1. The van der Waals surface area contributed by atoms with Crippen LogP contribution in [0.1, 0.15) is 0 Å². The van der Waals surface area contributed by atoms with Gasteiger partial charge in [-0.15, -0.1) is 0 Å². The van der Waals surface area contributed by atoms with Crippen LogP contribution >= 0.6 is 39.1 Å². The second-order valence-electron chi connectivity index (χ2n) is 12.4. The van der Waals surface area contributed by atoms with E-state index in [9.17, 15) is 0 Å². The summed E-state index contributed by atoms with van der Waals surface area (Å²) in [7, 11) is -1.41. The van der Waals surface area contributed by atoms with E-state index in [4.69, 9.17) is 33.2 Å². The molecule has 0 aliphatic carbocycles. The molecule has 0 bridgehead atoms. The molecule has 8 rings (SSSR count). The summed E-state index contributed by atoms with van der Waals surface area (Å²) in [5.74, 6) is 0. The van der Waals surface area contributed by atoms with Gasteiger partial charge in [0.15, 0.2) is 0 Å². The first-order valence-corrected chi connectivity index (χ1v) is 18.9. The van der Waals surface area contributed by atoms with Crippen molar-refractivity contribution in [3.63, 3.8) is 0 Å². The predicted molar refractivity (Wildman–Crippen MR) is 234 cm³/mol. The molecule has 264 valence electrons. The van der Waals surface area contributed by atoms with Gasteiger partial charge in [0.05, 0.1) is 0 Å². The van der Waals surface area contributed by atoms with E-state index in [2.05, 4.69) is 101 Å². The molecule has 6 heteroatoms. The van der Waals surface area contributed by atoms with Crippen LogP contribution in [0.4, 0.5) is 0 Å². The number of hydrogen-bond acceptors (Lipinski definition) is 2. The van der Waals surface area contributed by atoms with Crippen molar-refractivity contribution in [3.8, 4) is 55.6 Å². The molecule has 0 atom stereocenters. The van der Waals surface area contributed by atoms with Crippen LogP contribution in [0.5, 0.6) is 0 Å². The van der Waals surface area contributed by atoms with Gasteiger partial charge in [0.25, 0.3) is 0 Å². The zero-order valence-corrected chi connectivity index (χ0v) is 32.3. The Morgan fingerprint density at radius 1 is 0.315 bits per heavy atom. The highest BCUT2D eigenvalue weighted by Gasteiger charge is 2.11. The van der Waals surface area contributed by atoms with Crippen molar-refractivity contribution in [2.45, 2.75) is 0 Å². The number of halogens is 3.